The first-order chi connectivity index (χ1) is 7.55. The molecule has 0 aromatic rings. The standard InChI is InChI=1S/C14H17ClO/c1-10(15)9-14-7-4-3-5-12(14)11(2)13(16)6-8-14/h3,5H,1,4,6-9H2,2H3/t14-/m1/s1. The van der Waals surface area contributed by atoms with Gasteiger partial charge in [0.1, 0.15) is 0 Å². The number of Topliss-reactive ketones (excluding diaryl/α,β-unsaturated/α-hetero) is 1. The van der Waals surface area contributed by atoms with Crippen LogP contribution in [0.25, 0.3) is 0 Å². The fraction of sp³-hybridized carbons (Fsp3) is 0.500. The average molecular weight is 237 g/mol. The highest BCUT2D eigenvalue weighted by Crippen LogP contribution is 2.50. The third-order valence-electron chi connectivity index (χ3n) is 3.83. The first kappa shape index (κ1) is 11.7. The molecule has 0 unspecified atom stereocenters. The normalized spacial score (nSPS) is 29.2. The molecule has 0 saturated heterocycles. The Bertz CT molecular complexity index is 403. The Balaban J connectivity index is 2.46. The van der Waals surface area contributed by atoms with E-state index in [9.17, 15) is 4.79 Å². The number of ketones is 1. The number of carbonyl (C=O) groups is 1. The van der Waals surface area contributed by atoms with Crippen LogP contribution in [0.4, 0.5) is 0 Å². The van der Waals surface area contributed by atoms with Crippen LogP contribution < -0.4 is 0 Å². The van der Waals surface area contributed by atoms with Crippen molar-refractivity contribution < 1.29 is 4.79 Å². The Labute approximate surface area is 102 Å². The summed E-state index contributed by atoms with van der Waals surface area (Å²) in [4.78, 5) is 11.7. The first-order valence-electron chi connectivity index (χ1n) is 5.79. The Morgan fingerprint density at radius 3 is 3.00 bits per heavy atom. The monoisotopic (exact) mass is 236 g/mol. The van der Waals surface area contributed by atoms with E-state index in [2.05, 4.69) is 18.7 Å². The second kappa shape index (κ2) is 4.21. The zero-order chi connectivity index (χ0) is 11.8. The second-order valence-corrected chi connectivity index (χ2v) is 5.41. The summed E-state index contributed by atoms with van der Waals surface area (Å²) < 4.78 is 0. The molecule has 0 aromatic heterocycles. The Morgan fingerprint density at radius 2 is 2.31 bits per heavy atom. The molecule has 1 nitrogen and oxygen atoms in total. The Kier molecular flexibility index (Phi) is 3.07. The van der Waals surface area contributed by atoms with Crippen molar-refractivity contribution in [2.75, 3.05) is 0 Å². The fourth-order valence-electron chi connectivity index (χ4n) is 2.98. The molecule has 0 radical (unpaired) electrons. The van der Waals surface area contributed by atoms with Crippen molar-refractivity contribution in [3.8, 4) is 0 Å². The molecule has 2 rings (SSSR count). The van der Waals surface area contributed by atoms with E-state index in [0.717, 1.165) is 31.3 Å². The number of halogens is 1. The second-order valence-electron chi connectivity index (χ2n) is 4.88. The van der Waals surface area contributed by atoms with Crippen molar-refractivity contribution in [3.63, 3.8) is 0 Å². The fourth-order valence-corrected chi connectivity index (χ4v) is 3.24. The molecule has 0 N–H and O–H groups in total. The van der Waals surface area contributed by atoms with Crippen molar-refractivity contribution in [2.45, 2.75) is 39.0 Å². The minimum atomic E-state index is 0.0889. The van der Waals surface area contributed by atoms with Crippen LogP contribution in [0.15, 0.2) is 34.9 Å². The summed E-state index contributed by atoms with van der Waals surface area (Å²) >= 11 is 5.98. The van der Waals surface area contributed by atoms with Crippen LogP contribution in [0.1, 0.15) is 39.0 Å². The number of hydrogen-bond donors (Lipinski definition) is 0. The molecule has 0 aromatic carbocycles. The van der Waals surface area contributed by atoms with Crippen molar-refractivity contribution in [1.82, 2.24) is 0 Å². The van der Waals surface area contributed by atoms with Gasteiger partial charge >= 0.3 is 0 Å². The molecular weight excluding hydrogens is 220 g/mol. The van der Waals surface area contributed by atoms with Gasteiger partial charge in [-0.25, -0.2) is 0 Å². The van der Waals surface area contributed by atoms with Gasteiger partial charge in [-0.3, -0.25) is 4.79 Å². The van der Waals surface area contributed by atoms with Crippen molar-refractivity contribution >= 4 is 17.4 Å². The van der Waals surface area contributed by atoms with Crippen LogP contribution in [0, 0.1) is 5.41 Å². The van der Waals surface area contributed by atoms with Gasteiger partial charge in [0.15, 0.2) is 5.78 Å². The summed E-state index contributed by atoms with van der Waals surface area (Å²) in [6.07, 6.45) is 8.84. The van der Waals surface area contributed by atoms with E-state index in [4.69, 9.17) is 11.6 Å². The van der Waals surface area contributed by atoms with E-state index in [1.807, 2.05) is 6.92 Å². The Hall–Kier alpha value is -0.820. The molecule has 16 heavy (non-hydrogen) atoms. The highest BCUT2D eigenvalue weighted by Gasteiger charge is 2.39. The predicted octanol–water partition coefficient (Wildman–Crippen LogP) is 4.14. The molecule has 1 atom stereocenters. The largest absolute Gasteiger partial charge is 0.295 e. The third kappa shape index (κ3) is 1.89. The molecule has 2 heteroatoms. The van der Waals surface area contributed by atoms with Gasteiger partial charge < -0.3 is 0 Å². The Morgan fingerprint density at radius 1 is 1.56 bits per heavy atom. The maximum atomic E-state index is 11.7. The summed E-state index contributed by atoms with van der Waals surface area (Å²) in [5.41, 5.74) is 2.22. The SMILES string of the molecule is C=C(Cl)C[C@]12CCC=CC1=C(C)C(=O)CC2. The van der Waals surface area contributed by atoms with Crippen LogP contribution in [0.5, 0.6) is 0 Å². The summed E-state index contributed by atoms with van der Waals surface area (Å²) in [5.74, 6) is 0.289. The summed E-state index contributed by atoms with van der Waals surface area (Å²) in [6.45, 7) is 5.76. The van der Waals surface area contributed by atoms with E-state index in [1.54, 1.807) is 0 Å². The van der Waals surface area contributed by atoms with E-state index >= 15 is 0 Å². The van der Waals surface area contributed by atoms with E-state index in [-0.39, 0.29) is 11.2 Å². The molecule has 0 aliphatic heterocycles. The van der Waals surface area contributed by atoms with Gasteiger partial charge in [0.05, 0.1) is 0 Å². The maximum absolute atomic E-state index is 11.7. The van der Waals surface area contributed by atoms with E-state index in [1.165, 1.54) is 5.57 Å². The van der Waals surface area contributed by atoms with Crippen LogP contribution in [-0.2, 0) is 4.79 Å². The predicted molar refractivity (Wildman–Crippen MR) is 67.4 cm³/mol. The van der Waals surface area contributed by atoms with Crippen molar-refractivity contribution in [1.29, 1.82) is 0 Å². The van der Waals surface area contributed by atoms with Crippen LogP contribution in [0.3, 0.4) is 0 Å². The zero-order valence-electron chi connectivity index (χ0n) is 9.68. The van der Waals surface area contributed by atoms with Gasteiger partial charge in [-0.05, 0) is 43.8 Å². The van der Waals surface area contributed by atoms with Crippen molar-refractivity contribution in [3.05, 3.63) is 34.9 Å². The maximum Gasteiger partial charge on any atom is 0.158 e. The molecule has 0 saturated carbocycles. The highest BCUT2D eigenvalue weighted by molar-refractivity contribution is 6.29. The number of rotatable bonds is 2. The molecule has 0 bridgehead atoms. The molecule has 2 aliphatic rings. The molecule has 0 amide bonds. The minimum absolute atomic E-state index is 0.0889. The van der Waals surface area contributed by atoms with E-state index in [0.29, 0.717) is 11.5 Å². The summed E-state index contributed by atoms with van der Waals surface area (Å²) in [5, 5.41) is 0.704. The lowest BCUT2D eigenvalue weighted by Crippen LogP contribution is -2.31. The quantitative estimate of drug-likeness (QED) is 0.704. The minimum Gasteiger partial charge on any atom is -0.295 e. The molecular formula is C14H17ClO. The summed E-state index contributed by atoms with van der Waals surface area (Å²) in [7, 11) is 0. The lowest BCUT2D eigenvalue weighted by Gasteiger charge is -2.41. The van der Waals surface area contributed by atoms with Crippen LogP contribution >= 0.6 is 11.6 Å². The lowest BCUT2D eigenvalue weighted by molar-refractivity contribution is -0.116. The molecule has 2 aliphatic carbocycles. The third-order valence-corrected chi connectivity index (χ3v) is 3.96. The van der Waals surface area contributed by atoms with Gasteiger partial charge in [0.25, 0.3) is 0 Å². The lowest BCUT2D eigenvalue weighted by atomic mass is 9.63. The van der Waals surface area contributed by atoms with Gasteiger partial charge in [-0.15, -0.1) is 0 Å². The number of allylic oxidation sites excluding steroid dienone is 5. The molecule has 0 spiro atoms. The van der Waals surface area contributed by atoms with Gasteiger partial charge in [-0.1, -0.05) is 30.3 Å². The van der Waals surface area contributed by atoms with E-state index < -0.39 is 0 Å². The highest BCUT2D eigenvalue weighted by atomic mass is 35.5. The number of hydrogen-bond acceptors (Lipinski definition) is 1. The molecule has 86 valence electrons. The van der Waals surface area contributed by atoms with Gasteiger partial charge in [0.2, 0.25) is 0 Å². The zero-order valence-corrected chi connectivity index (χ0v) is 10.4. The number of fused-ring (bicyclic) bond motifs is 1. The first-order valence-corrected chi connectivity index (χ1v) is 6.17. The molecule has 0 fully saturated rings. The van der Waals surface area contributed by atoms with Crippen LogP contribution in [0.2, 0.25) is 0 Å². The van der Waals surface area contributed by atoms with Crippen LogP contribution in [-0.4, -0.2) is 5.78 Å². The summed E-state index contributed by atoms with van der Waals surface area (Å²) in [6, 6.07) is 0. The molecule has 0 heterocycles. The smallest absolute Gasteiger partial charge is 0.158 e. The van der Waals surface area contributed by atoms with Gasteiger partial charge in [-0.2, -0.15) is 0 Å². The number of carbonyl (C=O) groups excluding carboxylic acids is 1. The topological polar surface area (TPSA) is 17.1 Å². The average Bonchev–Trinajstić information content (AvgIpc) is 2.23. The van der Waals surface area contributed by atoms with Crippen molar-refractivity contribution in [2.24, 2.45) is 5.41 Å². The van der Waals surface area contributed by atoms with Gasteiger partial charge in [0, 0.05) is 16.9 Å².